The van der Waals surface area contributed by atoms with E-state index in [2.05, 4.69) is 15.2 Å². The molecule has 0 atom stereocenters. The third-order valence-electron chi connectivity index (χ3n) is 8.50. The predicted octanol–water partition coefficient (Wildman–Crippen LogP) is 1.45. The molecule has 1 aliphatic rings. The van der Waals surface area contributed by atoms with Crippen LogP contribution in [0, 0.1) is 5.82 Å². The lowest BCUT2D eigenvalue weighted by Crippen LogP contribution is -2.41. The van der Waals surface area contributed by atoms with Crippen LogP contribution in [0.15, 0.2) is 36.5 Å². The van der Waals surface area contributed by atoms with E-state index < -0.39 is 29.5 Å². The molecule has 0 aliphatic carbocycles. The molecule has 3 heterocycles. The maximum Gasteiger partial charge on any atom is 0.325 e. The molecule has 0 spiro atoms. The van der Waals surface area contributed by atoms with Crippen molar-refractivity contribution in [3.63, 3.8) is 0 Å². The number of aryl methyl sites for hydroxylation is 1. The zero-order chi connectivity index (χ0) is 33.8. The number of piperidine rings is 1. The van der Waals surface area contributed by atoms with E-state index in [-0.39, 0.29) is 44.3 Å². The number of primary amides is 1. The summed E-state index contributed by atoms with van der Waals surface area (Å²) >= 11 is 0. The molecule has 248 valence electrons. The second-order valence-electron chi connectivity index (χ2n) is 11.6. The molecular weight excluding hydrogens is 611 g/mol. The Kier molecular flexibility index (Phi) is 9.82. The number of esters is 1. The van der Waals surface area contributed by atoms with Crippen LogP contribution in [-0.4, -0.2) is 99.3 Å². The van der Waals surface area contributed by atoms with E-state index in [4.69, 9.17) is 10.8 Å². The second kappa shape index (κ2) is 14.0. The smallest absolute Gasteiger partial charge is 0.325 e. The van der Waals surface area contributed by atoms with Gasteiger partial charge in [-0.05, 0) is 36.6 Å². The van der Waals surface area contributed by atoms with Gasteiger partial charge in [0.1, 0.15) is 18.9 Å². The lowest BCUT2D eigenvalue weighted by Gasteiger charge is -2.31. The summed E-state index contributed by atoms with van der Waals surface area (Å²) in [5.74, 6) is -2.76. The van der Waals surface area contributed by atoms with E-state index in [1.807, 2.05) is 12.1 Å². The van der Waals surface area contributed by atoms with E-state index in [0.717, 1.165) is 5.52 Å². The number of likely N-dealkylation sites (N-methyl/N-ethyl adjacent to an activating group) is 1. The Bertz CT molecular complexity index is 1860. The maximum absolute atomic E-state index is 15.7. The minimum atomic E-state index is -0.612. The summed E-state index contributed by atoms with van der Waals surface area (Å²) in [5, 5.41) is 12.9. The number of hydrogen-bond acceptors (Lipinski definition) is 8. The molecule has 0 radical (unpaired) electrons. The summed E-state index contributed by atoms with van der Waals surface area (Å²) in [4.78, 5) is 63.8. The number of amides is 4. The van der Waals surface area contributed by atoms with Gasteiger partial charge in [0.15, 0.2) is 0 Å². The van der Waals surface area contributed by atoms with Gasteiger partial charge in [-0.25, -0.2) is 4.39 Å². The number of fused-ring (bicyclic) bond motifs is 2. The fourth-order valence-corrected chi connectivity index (χ4v) is 5.91. The lowest BCUT2D eigenvalue weighted by atomic mass is 9.88. The highest BCUT2D eigenvalue weighted by Gasteiger charge is 2.30. The summed E-state index contributed by atoms with van der Waals surface area (Å²) in [5.41, 5.74) is 8.22. The van der Waals surface area contributed by atoms with Crippen LogP contribution < -0.4 is 11.1 Å². The Morgan fingerprint density at radius 2 is 1.83 bits per heavy atom. The average molecular weight is 649 g/mol. The van der Waals surface area contributed by atoms with Crippen molar-refractivity contribution < 1.29 is 33.1 Å². The van der Waals surface area contributed by atoms with Crippen molar-refractivity contribution in [1.29, 1.82) is 0 Å². The van der Waals surface area contributed by atoms with Gasteiger partial charge < -0.3 is 25.6 Å². The highest BCUT2D eigenvalue weighted by Crippen LogP contribution is 2.40. The molecule has 1 saturated heterocycles. The Balaban J connectivity index is 1.48. The fraction of sp³-hybridized carbons (Fsp3) is 0.406. The summed E-state index contributed by atoms with van der Waals surface area (Å²) in [6.45, 7) is 0.0801. The number of hydrogen-bond donors (Lipinski definition) is 2. The quantitative estimate of drug-likeness (QED) is 0.230. The van der Waals surface area contributed by atoms with Gasteiger partial charge >= 0.3 is 5.97 Å². The molecule has 14 nitrogen and oxygen atoms in total. The number of halogens is 1. The normalized spacial score (nSPS) is 13.6. The molecule has 0 bridgehead atoms. The van der Waals surface area contributed by atoms with Crippen LogP contribution in [0.4, 0.5) is 4.39 Å². The number of nitrogens with one attached hydrogen (secondary N) is 1. The highest BCUT2D eigenvalue weighted by atomic mass is 19.1. The van der Waals surface area contributed by atoms with Gasteiger partial charge in [0.25, 0.3) is 0 Å². The van der Waals surface area contributed by atoms with Crippen LogP contribution in [0.2, 0.25) is 0 Å². The van der Waals surface area contributed by atoms with E-state index in [9.17, 15) is 24.0 Å². The number of nitrogens with two attached hydrogens (primary N) is 1. The van der Waals surface area contributed by atoms with Crippen molar-refractivity contribution in [2.45, 2.75) is 38.1 Å². The van der Waals surface area contributed by atoms with Crippen molar-refractivity contribution in [2.75, 3.05) is 40.3 Å². The van der Waals surface area contributed by atoms with E-state index >= 15 is 4.39 Å². The van der Waals surface area contributed by atoms with Gasteiger partial charge in [-0.3, -0.25) is 33.3 Å². The summed E-state index contributed by atoms with van der Waals surface area (Å²) in [6, 6.07) is 8.61. The van der Waals surface area contributed by atoms with Crippen molar-refractivity contribution in [1.82, 2.24) is 34.7 Å². The third-order valence-corrected chi connectivity index (χ3v) is 8.50. The first-order chi connectivity index (χ1) is 22.5. The molecule has 2 aromatic heterocycles. The first kappa shape index (κ1) is 33.0. The maximum atomic E-state index is 15.7. The molecule has 2 aromatic carbocycles. The van der Waals surface area contributed by atoms with Crippen LogP contribution in [0.1, 0.15) is 37.3 Å². The fourth-order valence-electron chi connectivity index (χ4n) is 5.91. The predicted molar refractivity (Wildman–Crippen MR) is 169 cm³/mol. The Hall–Kier alpha value is -5.34. The van der Waals surface area contributed by atoms with Crippen LogP contribution >= 0.6 is 0 Å². The van der Waals surface area contributed by atoms with Crippen LogP contribution in [-0.2, 0) is 42.3 Å². The van der Waals surface area contributed by atoms with Gasteiger partial charge in [0.2, 0.25) is 23.6 Å². The lowest BCUT2D eigenvalue weighted by molar-refractivity contribution is -0.141. The first-order valence-electron chi connectivity index (χ1n) is 15.2. The zero-order valence-electron chi connectivity index (χ0n) is 26.5. The van der Waals surface area contributed by atoms with Crippen molar-refractivity contribution in [3.8, 4) is 11.1 Å². The average Bonchev–Trinajstić information content (AvgIpc) is 3.61. The number of benzene rings is 2. The minimum absolute atomic E-state index is 0.0147. The molecule has 1 fully saturated rings. The van der Waals surface area contributed by atoms with Crippen LogP contribution in [0.5, 0.6) is 0 Å². The minimum Gasteiger partial charge on any atom is -0.468 e. The summed E-state index contributed by atoms with van der Waals surface area (Å²) in [6.07, 6.45) is 2.77. The first-order valence-corrected chi connectivity index (χ1v) is 15.2. The molecule has 1 aliphatic heterocycles. The molecule has 15 heteroatoms. The number of aromatic nitrogens is 4. The molecule has 5 rings (SSSR count). The Morgan fingerprint density at radius 1 is 1.09 bits per heavy atom. The van der Waals surface area contributed by atoms with Crippen molar-refractivity contribution >= 4 is 51.4 Å². The monoisotopic (exact) mass is 648 g/mol. The van der Waals surface area contributed by atoms with Crippen LogP contribution in [0.25, 0.3) is 32.9 Å². The third kappa shape index (κ3) is 7.23. The van der Waals surface area contributed by atoms with E-state index in [1.54, 1.807) is 39.6 Å². The standard InChI is InChI=1S/C32H37FN8O6/c1-38(17-27(43)35-16-30(46)47-3)29(45)18-41-24-6-4-5-21(22-14-25-20(13-23(22)33)15-36-39(25)2)31(24)32(37-41)19-9-11-40(12-10-19)28(44)8-7-26(34)42/h4-6,13-15,19H,7-12,16-18H2,1-3H3,(H2,34,42)(H,35,43). The van der Waals surface area contributed by atoms with Gasteiger partial charge in [-0.2, -0.15) is 10.2 Å². The number of likely N-dealkylation sites (tertiary alicyclic amines) is 1. The van der Waals surface area contributed by atoms with E-state index in [1.165, 1.54) is 25.1 Å². The summed E-state index contributed by atoms with van der Waals surface area (Å²) in [7, 11) is 4.46. The molecule has 0 unspecified atom stereocenters. The molecule has 4 amide bonds. The molecule has 3 N–H and O–H groups in total. The molecule has 47 heavy (non-hydrogen) atoms. The Morgan fingerprint density at radius 3 is 2.53 bits per heavy atom. The van der Waals surface area contributed by atoms with Crippen LogP contribution in [0.3, 0.4) is 0 Å². The number of nitrogens with zero attached hydrogens (tertiary/aromatic N) is 6. The van der Waals surface area contributed by atoms with Gasteiger partial charge in [-0.15, -0.1) is 0 Å². The largest absolute Gasteiger partial charge is 0.468 e. The van der Waals surface area contributed by atoms with E-state index in [0.29, 0.717) is 59.0 Å². The van der Waals surface area contributed by atoms with Gasteiger partial charge in [-0.1, -0.05) is 12.1 Å². The summed E-state index contributed by atoms with van der Waals surface area (Å²) < 4.78 is 23.5. The molecule has 0 saturated carbocycles. The van der Waals surface area contributed by atoms with Gasteiger partial charge in [0.05, 0.1) is 36.6 Å². The second-order valence-corrected chi connectivity index (χ2v) is 11.6. The van der Waals surface area contributed by atoms with Crippen molar-refractivity contribution in [2.24, 2.45) is 12.8 Å². The highest BCUT2D eigenvalue weighted by molar-refractivity contribution is 6.00. The SMILES string of the molecule is COC(=O)CNC(=O)CN(C)C(=O)Cn1nc(C2CCN(C(=O)CCC(N)=O)CC2)c2c(-c3cc4c(cnn4C)cc3F)cccc21. The Labute approximate surface area is 269 Å². The number of carbonyl (C=O) groups is 5. The zero-order valence-corrected chi connectivity index (χ0v) is 26.5. The number of rotatable bonds is 11. The molecular formula is C32H37FN8O6. The van der Waals surface area contributed by atoms with Gasteiger partial charge in [0, 0.05) is 62.3 Å². The number of ether oxygens (including phenoxy) is 1. The van der Waals surface area contributed by atoms with Crippen molar-refractivity contribution in [3.05, 3.63) is 48.0 Å². The molecule has 4 aromatic rings. The topological polar surface area (TPSA) is 175 Å². The number of methoxy groups -OCH3 is 1. The number of carbonyl (C=O) groups excluding carboxylic acids is 5.